The van der Waals surface area contributed by atoms with Gasteiger partial charge in [0, 0.05) is 6.54 Å². The summed E-state index contributed by atoms with van der Waals surface area (Å²) in [7, 11) is 2.07. The molecule has 0 heterocycles. The maximum atomic E-state index is 6.80. The number of ether oxygens (including phenoxy) is 1. The Labute approximate surface area is 132 Å². The van der Waals surface area contributed by atoms with Crippen LogP contribution in [-0.2, 0) is 4.74 Å². The van der Waals surface area contributed by atoms with Gasteiger partial charge in [-0.1, -0.05) is 34.1 Å². The van der Waals surface area contributed by atoms with E-state index in [9.17, 15) is 0 Å². The van der Waals surface area contributed by atoms with E-state index in [0.717, 1.165) is 18.4 Å². The van der Waals surface area contributed by atoms with Gasteiger partial charge in [0.2, 0.25) is 0 Å². The molecule has 0 spiro atoms. The first-order valence-electron chi connectivity index (χ1n) is 9.20. The minimum atomic E-state index is 0.109. The van der Waals surface area contributed by atoms with Crippen molar-refractivity contribution in [2.24, 2.45) is 17.3 Å². The van der Waals surface area contributed by atoms with Crippen LogP contribution in [0.15, 0.2) is 0 Å². The van der Waals surface area contributed by atoms with Gasteiger partial charge in [-0.25, -0.2) is 0 Å². The van der Waals surface area contributed by atoms with Crippen LogP contribution in [0.4, 0.5) is 0 Å². The molecule has 2 aliphatic carbocycles. The van der Waals surface area contributed by atoms with Gasteiger partial charge in [-0.3, -0.25) is 0 Å². The first kappa shape index (κ1) is 17.3. The molecule has 2 atom stereocenters. The van der Waals surface area contributed by atoms with Crippen molar-refractivity contribution < 1.29 is 4.74 Å². The predicted molar refractivity (Wildman–Crippen MR) is 90.6 cm³/mol. The van der Waals surface area contributed by atoms with E-state index in [-0.39, 0.29) is 5.60 Å². The summed E-state index contributed by atoms with van der Waals surface area (Å²) >= 11 is 0. The molecule has 0 aliphatic heterocycles. The van der Waals surface area contributed by atoms with Crippen molar-refractivity contribution in [2.45, 2.75) is 90.8 Å². The van der Waals surface area contributed by atoms with Gasteiger partial charge in [0.25, 0.3) is 0 Å². The highest BCUT2D eigenvalue weighted by molar-refractivity contribution is 4.92. The first-order valence-corrected chi connectivity index (χ1v) is 9.20. The SMILES string of the molecule is CCC1CCC(CNC)(OC2CC(C)CC(C)(C)C2)CC1. The molecule has 0 saturated heterocycles. The Balaban J connectivity index is 1.99. The van der Waals surface area contributed by atoms with E-state index in [2.05, 4.69) is 40.1 Å². The number of likely N-dealkylation sites (N-methyl/N-ethyl adjacent to an activating group) is 1. The van der Waals surface area contributed by atoms with E-state index >= 15 is 0 Å². The fourth-order valence-electron chi connectivity index (χ4n) is 4.97. The number of hydrogen-bond acceptors (Lipinski definition) is 2. The van der Waals surface area contributed by atoms with Crippen LogP contribution >= 0.6 is 0 Å². The molecule has 2 fully saturated rings. The van der Waals surface area contributed by atoms with Crippen molar-refractivity contribution in [1.82, 2.24) is 5.32 Å². The van der Waals surface area contributed by atoms with Crippen molar-refractivity contribution in [3.05, 3.63) is 0 Å². The molecule has 1 N–H and O–H groups in total. The lowest BCUT2D eigenvalue weighted by Crippen LogP contribution is -2.49. The van der Waals surface area contributed by atoms with Crippen molar-refractivity contribution in [2.75, 3.05) is 13.6 Å². The largest absolute Gasteiger partial charge is 0.370 e. The Morgan fingerprint density at radius 1 is 1.14 bits per heavy atom. The van der Waals surface area contributed by atoms with E-state index in [0.29, 0.717) is 11.5 Å². The molecular weight excluding hydrogens is 258 g/mol. The number of nitrogens with one attached hydrogen (secondary N) is 1. The Hall–Kier alpha value is -0.0800. The smallest absolute Gasteiger partial charge is 0.0810 e. The van der Waals surface area contributed by atoms with E-state index in [4.69, 9.17) is 4.74 Å². The Morgan fingerprint density at radius 2 is 1.81 bits per heavy atom. The average Bonchev–Trinajstić information content (AvgIpc) is 2.37. The quantitative estimate of drug-likeness (QED) is 0.788. The minimum Gasteiger partial charge on any atom is -0.370 e. The monoisotopic (exact) mass is 295 g/mol. The fourth-order valence-corrected chi connectivity index (χ4v) is 4.97. The second kappa shape index (κ2) is 7.00. The average molecular weight is 296 g/mol. The molecule has 2 saturated carbocycles. The molecule has 0 bridgehead atoms. The molecule has 0 aromatic rings. The summed E-state index contributed by atoms with van der Waals surface area (Å²) in [5.74, 6) is 1.73. The number of hydrogen-bond donors (Lipinski definition) is 1. The summed E-state index contributed by atoms with van der Waals surface area (Å²) < 4.78 is 6.80. The highest BCUT2D eigenvalue weighted by atomic mass is 16.5. The van der Waals surface area contributed by atoms with Gasteiger partial charge < -0.3 is 10.1 Å². The third-order valence-electron chi connectivity index (χ3n) is 5.86. The highest BCUT2D eigenvalue weighted by Crippen LogP contribution is 2.43. The van der Waals surface area contributed by atoms with Crippen molar-refractivity contribution >= 4 is 0 Å². The molecule has 0 aromatic carbocycles. The van der Waals surface area contributed by atoms with Crippen LogP contribution in [0.1, 0.15) is 79.1 Å². The molecule has 2 nitrogen and oxygen atoms in total. The van der Waals surface area contributed by atoms with Gasteiger partial charge in [-0.05, 0) is 69.2 Å². The van der Waals surface area contributed by atoms with Crippen LogP contribution in [0, 0.1) is 17.3 Å². The summed E-state index contributed by atoms with van der Waals surface area (Å²) in [6, 6.07) is 0. The molecule has 0 radical (unpaired) electrons. The van der Waals surface area contributed by atoms with Gasteiger partial charge >= 0.3 is 0 Å². The standard InChI is InChI=1S/C19H37NO/c1-6-16-7-9-19(10-8-16,14-20-5)21-17-11-15(2)12-18(3,4)13-17/h15-17,20H,6-14H2,1-5H3. The van der Waals surface area contributed by atoms with Crippen LogP contribution in [0.25, 0.3) is 0 Å². The first-order chi connectivity index (χ1) is 9.88. The van der Waals surface area contributed by atoms with Crippen LogP contribution in [0.5, 0.6) is 0 Å². The highest BCUT2D eigenvalue weighted by Gasteiger charge is 2.40. The maximum absolute atomic E-state index is 6.80. The second-order valence-electron chi connectivity index (χ2n) is 8.72. The molecule has 2 aliphatic rings. The van der Waals surface area contributed by atoms with Gasteiger partial charge in [0.1, 0.15) is 0 Å². The lowest BCUT2D eigenvalue weighted by Gasteiger charge is -2.46. The Morgan fingerprint density at radius 3 is 2.33 bits per heavy atom. The summed E-state index contributed by atoms with van der Waals surface area (Å²) in [6.07, 6.45) is 10.8. The molecule has 2 unspecified atom stereocenters. The zero-order chi connectivity index (χ0) is 15.5. The van der Waals surface area contributed by atoms with Crippen LogP contribution in [-0.4, -0.2) is 25.3 Å². The Bertz CT molecular complexity index is 318. The van der Waals surface area contributed by atoms with E-state index in [1.165, 1.54) is 51.4 Å². The zero-order valence-corrected chi connectivity index (χ0v) is 15.0. The lowest BCUT2D eigenvalue weighted by molar-refractivity contribution is -0.144. The summed E-state index contributed by atoms with van der Waals surface area (Å²) in [5, 5.41) is 3.41. The third kappa shape index (κ3) is 4.69. The molecule has 2 rings (SSSR count). The molecule has 0 amide bonds. The molecule has 21 heavy (non-hydrogen) atoms. The maximum Gasteiger partial charge on any atom is 0.0810 e. The Kier molecular flexibility index (Phi) is 5.76. The van der Waals surface area contributed by atoms with E-state index in [1.807, 2.05) is 0 Å². The predicted octanol–water partition coefficient (Wildman–Crippen LogP) is 4.78. The van der Waals surface area contributed by atoms with Gasteiger partial charge in [0.05, 0.1) is 11.7 Å². The van der Waals surface area contributed by atoms with Crippen LogP contribution in [0.2, 0.25) is 0 Å². The second-order valence-corrected chi connectivity index (χ2v) is 8.72. The van der Waals surface area contributed by atoms with Gasteiger partial charge in [-0.2, -0.15) is 0 Å². The van der Waals surface area contributed by atoms with Crippen LogP contribution < -0.4 is 5.32 Å². The van der Waals surface area contributed by atoms with Gasteiger partial charge in [0.15, 0.2) is 0 Å². The van der Waals surface area contributed by atoms with Crippen molar-refractivity contribution in [3.8, 4) is 0 Å². The summed E-state index contributed by atoms with van der Waals surface area (Å²) in [4.78, 5) is 0. The zero-order valence-electron chi connectivity index (χ0n) is 15.0. The van der Waals surface area contributed by atoms with Crippen molar-refractivity contribution in [3.63, 3.8) is 0 Å². The van der Waals surface area contributed by atoms with Crippen LogP contribution in [0.3, 0.4) is 0 Å². The number of rotatable bonds is 5. The minimum absolute atomic E-state index is 0.109. The molecule has 124 valence electrons. The molecule has 2 heteroatoms. The summed E-state index contributed by atoms with van der Waals surface area (Å²) in [5.41, 5.74) is 0.558. The molecule has 0 aromatic heterocycles. The topological polar surface area (TPSA) is 21.3 Å². The van der Waals surface area contributed by atoms with Gasteiger partial charge in [-0.15, -0.1) is 0 Å². The van der Waals surface area contributed by atoms with Crippen molar-refractivity contribution in [1.29, 1.82) is 0 Å². The lowest BCUT2D eigenvalue weighted by atomic mass is 9.71. The normalized spacial score (nSPS) is 40.1. The summed E-state index contributed by atoms with van der Waals surface area (Å²) in [6.45, 7) is 10.6. The van der Waals surface area contributed by atoms with E-state index < -0.39 is 0 Å². The molecular formula is C19H37NO. The third-order valence-corrected chi connectivity index (χ3v) is 5.86. The van der Waals surface area contributed by atoms with E-state index in [1.54, 1.807) is 0 Å². The fraction of sp³-hybridized carbons (Fsp3) is 1.00.